The second-order valence-corrected chi connectivity index (χ2v) is 6.21. The summed E-state index contributed by atoms with van der Waals surface area (Å²) >= 11 is 6.12. The molecule has 0 aliphatic heterocycles. The number of methoxy groups -OCH3 is 1. The van der Waals surface area contributed by atoms with Gasteiger partial charge in [-0.05, 0) is 31.0 Å². The molecule has 0 bridgehead atoms. The number of nitrogens with two attached hydrogens (primary N) is 1. The highest BCUT2D eigenvalue weighted by Crippen LogP contribution is 2.43. The molecule has 24 heavy (non-hydrogen) atoms. The number of rotatable bonds is 4. The predicted octanol–water partition coefficient (Wildman–Crippen LogP) is 4.11. The van der Waals surface area contributed by atoms with E-state index < -0.39 is 0 Å². The molecule has 2 aromatic carbocycles. The van der Waals surface area contributed by atoms with Crippen LogP contribution in [0.3, 0.4) is 0 Å². The maximum Gasteiger partial charge on any atom is 0.297 e. The van der Waals surface area contributed by atoms with Crippen LogP contribution in [0.25, 0.3) is 11.0 Å². The van der Waals surface area contributed by atoms with Gasteiger partial charge in [0.2, 0.25) is 0 Å². The standard InChI is InChI=1S/C17H16ClN3O3/c1-23-17-20-13-5-4-11(8-14(13)21(17)10-2-3-10)24-16-12(18)6-9(19)7-15(16)22/h4-8,10,22H,2-3,19H2,1H3. The van der Waals surface area contributed by atoms with Crippen molar-refractivity contribution in [1.29, 1.82) is 0 Å². The van der Waals surface area contributed by atoms with E-state index in [-0.39, 0.29) is 16.5 Å². The van der Waals surface area contributed by atoms with Crippen molar-refractivity contribution in [2.24, 2.45) is 0 Å². The molecule has 1 aliphatic carbocycles. The number of aromatic hydroxyl groups is 1. The Kier molecular flexibility index (Phi) is 3.42. The molecule has 1 heterocycles. The molecule has 1 fully saturated rings. The van der Waals surface area contributed by atoms with Crippen LogP contribution in [0.1, 0.15) is 18.9 Å². The average molecular weight is 346 g/mol. The van der Waals surface area contributed by atoms with Crippen molar-refractivity contribution in [3.05, 3.63) is 35.4 Å². The summed E-state index contributed by atoms with van der Waals surface area (Å²) in [6.45, 7) is 0. The van der Waals surface area contributed by atoms with E-state index in [2.05, 4.69) is 9.55 Å². The van der Waals surface area contributed by atoms with E-state index in [1.54, 1.807) is 13.2 Å². The first-order chi connectivity index (χ1) is 11.6. The van der Waals surface area contributed by atoms with E-state index >= 15 is 0 Å². The Hall–Kier alpha value is -2.60. The number of ether oxygens (including phenoxy) is 2. The monoisotopic (exact) mass is 345 g/mol. The van der Waals surface area contributed by atoms with Crippen LogP contribution >= 0.6 is 11.6 Å². The van der Waals surface area contributed by atoms with Gasteiger partial charge < -0.3 is 20.3 Å². The van der Waals surface area contributed by atoms with Crippen LogP contribution in [-0.2, 0) is 0 Å². The lowest BCUT2D eigenvalue weighted by atomic mass is 10.2. The fraction of sp³-hybridized carbons (Fsp3) is 0.235. The minimum atomic E-state index is -0.103. The lowest BCUT2D eigenvalue weighted by molar-refractivity contribution is 0.360. The van der Waals surface area contributed by atoms with Crippen LogP contribution in [-0.4, -0.2) is 21.8 Å². The number of halogens is 1. The van der Waals surface area contributed by atoms with E-state index in [1.807, 2.05) is 12.1 Å². The number of phenols is 1. The van der Waals surface area contributed by atoms with Crippen molar-refractivity contribution >= 4 is 28.3 Å². The predicted molar refractivity (Wildman–Crippen MR) is 92.2 cm³/mol. The number of fused-ring (bicyclic) bond motifs is 1. The highest BCUT2D eigenvalue weighted by molar-refractivity contribution is 6.32. The van der Waals surface area contributed by atoms with Crippen molar-refractivity contribution in [3.63, 3.8) is 0 Å². The summed E-state index contributed by atoms with van der Waals surface area (Å²) in [6.07, 6.45) is 2.22. The topological polar surface area (TPSA) is 82.5 Å². The third kappa shape index (κ3) is 2.49. The van der Waals surface area contributed by atoms with Crippen molar-refractivity contribution in [3.8, 4) is 23.3 Å². The van der Waals surface area contributed by atoms with Crippen LogP contribution in [0.15, 0.2) is 30.3 Å². The first-order valence-electron chi connectivity index (χ1n) is 7.58. The smallest absolute Gasteiger partial charge is 0.297 e. The summed E-state index contributed by atoms with van der Waals surface area (Å²) < 4.78 is 13.2. The third-order valence-electron chi connectivity index (χ3n) is 3.99. The molecule has 3 N–H and O–H groups in total. The quantitative estimate of drug-likeness (QED) is 0.695. The van der Waals surface area contributed by atoms with Crippen LogP contribution < -0.4 is 15.2 Å². The Bertz CT molecular complexity index is 911. The second kappa shape index (κ2) is 5.49. The lowest BCUT2D eigenvalue weighted by Gasteiger charge is -2.11. The average Bonchev–Trinajstić information content (AvgIpc) is 3.31. The van der Waals surface area contributed by atoms with E-state index in [4.69, 9.17) is 26.8 Å². The van der Waals surface area contributed by atoms with Crippen LogP contribution in [0.4, 0.5) is 5.69 Å². The van der Waals surface area contributed by atoms with Gasteiger partial charge in [-0.2, -0.15) is 4.98 Å². The summed E-state index contributed by atoms with van der Waals surface area (Å²) in [5, 5.41) is 10.3. The summed E-state index contributed by atoms with van der Waals surface area (Å²) in [5.41, 5.74) is 7.78. The van der Waals surface area contributed by atoms with Crippen LogP contribution in [0.5, 0.6) is 23.3 Å². The van der Waals surface area contributed by atoms with E-state index in [0.29, 0.717) is 23.5 Å². The molecule has 124 valence electrons. The Morgan fingerprint density at radius 1 is 1.29 bits per heavy atom. The van der Waals surface area contributed by atoms with Crippen molar-refractivity contribution < 1.29 is 14.6 Å². The molecule has 0 amide bonds. The Morgan fingerprint density at radius 2 is 2.08 bits per heavy atom. The van der Waals surface area contributed by atoms with Gasteiger partial charge in [0.15, 0.2) is 11.5 Å². The molecule has 1 saturated carbocycles. The molecule has 0 saturated heterocycles. The molecular formula is C17H16ClN3O3. The number of hydrogen-bond acceptors (Lipinski definition) is 5. The van der Waals surface area contributed by atoms with E-state index in [9.17, 15) is 5.11 Å². The van der Waals surface area contributed by atoms with Gasteiger partial charge >= 0.3 is 0 Å². The second-order valence-electron chi connectivity index (χ2n) is 5.80. The maximum atomic E-state index is 10.0. The Balaban J connectivity index is 1.77. The minimum absolute atomic E-state index is 0.103. The lowest BCUT2D eigenvalue weighted by Crippen LogP contribution is -1.98. The largest absolute Gasteiger partial charge is 0.504 e. The zero-order valence-corrected chi connectivity index (χ0v) is 13.7. The maximum absolute atomic E-state index is 10.0. The van der Waals surface area contributed by atoms with Gasteiger partial charge in [0.25, 0.3) is 6.01 Å². The first-order valence-corrected chi connectivity index (χ1v) is 7.96. The number of hydrogen-bond donors (Lipinski definition) is 2. The molecule has 0 spiro atoms. The number of benzene rings is 2. The summed E-state index contributed by atoms with van der Waals surface area (Å²) in [4.78, 5) is 4.48. The van der Waals surface area contributed by atoms with E-state index in [1.165, 1.54) is 12.1 Å². The normalized spacial score (nSPS) is 14.1. The number of anilines is 1. The Morgan fingerprint density at radius 3 is 2.75 bits per heavy atom. The number of imidazole rings is 1. The van der Waals surface area contributed by atoms with Crippen LogP contribution in [0.2, 0.25) is 5.02 Å². The van der Waals surface area contributed by atoms with Gasteiger partial charge in [0.05, 0.1) is 23.2 Å². The highest BCUT2D eigenvalue weighted by atomic mass is 35.5. The molecule has 6 nitrogen and oxygen atoms in total. The molecule has 4 rings (SSSR count). The highest BCUT2D eigenvalue weighted by Gasteiger charge is 2.29. The molecular weight excluding hydrogens is 330 g/mol. The third-order valence-corrected chi connectivity index (χ3v) is 4.27. The summed E-state index contributed by atoms with van der Waals surface area (Å²) in [5.74, 6) is 0.622. The van der Waals surface area contributed by atoms with Gasteiger partial charge in [-0.1, -0.05) is 11.6 Å². The van der Waals surface area contributed by atoms with Crippen molar-refractivity contribution in [2.45, 2.75) is 18.9 Å². The fourth-order valence-electron chi connectivity index (χ4n) is 2.76. The number of aromatic nitrogens is 2. The van der Waals surface area contributed by atoms with E-state index in [0.717, 1.165) is 23.9 Å². The molecule has 1 aliphatic rings. The SMILES string of the molecule is COc1nc2ccc(Oc3c(O)cc(N)cc3Cl)cc2n1C1CC1. The summed E-state index contributed by atoms with van der Waals surface area (Å²) in [6, 6.07) is 9.44. The molecule has 7 heteroatoms. The number of nitrogens with zero attached hydrogens (tertiary/aromatic N) is 2. The van der Waals surface area contributed by atoms with Crippen LogP contribution in [0, 0.1) is 0 Å². The first kappa shape index (κ1) is 15.0. The zero-order chi connectivity index (χ0) is 16.8. The molecule has 1 aromatic heterocycles. The number of phenolic OH excluding ortho intramolecular Hbond substituents is 1. The van der Waals surface area contributed by atoms with Crippen molar-refractivity contribution in [2.75, 3.05) is 12.8 Å². The van der Waals surface area contributed by atoms with Gasteiger partial charge in [-0.25, -0.2) is 0 Å². The number of nitrogen functional groups attached to an aromatic ring is 1. The van der Waals surface area contributed by atoms with Gasteiger partial charge in [0, 0.05) is 23.9 Å². The minimum Gasteiger partial charge on any atom is -0.504 e. The molecule has 0 unspecified atom stereocenters. The fourth-order valence-corrected chi connectivity index (χ4v) is 3.02. The summed E-state index contributed by atoms with van der Waals surface area (Å²) in [7, 11) is 1.61. The Labute approximate surface area is 143 Å². The molecule has 0 atom stereocenters. The van der Waals surface area contributed by atoms with Gasteiger partial charge in [-0.15, -0.1) is 0 Å². The van der Waals surface area contributed by atoms with Crippen molar-refractivity contribution in [1.82, 2.24) is 9.55 Å². The molecule has 3 aromatic rings. The van der Waals surface area contributed by atoms with Gasteiger partial charge in [-0.3, -0.25) is 4.57 Å². The molecule has 0 radical (unpaired) electrons. The van der Waals surface area contributed by atoms with Gasteiger partial charge in [0.1, 0.15) is 5.75 Å². The zero-order valence-electron chi connectivity index (χ0n) is 13.0.